The second-order valence-corrected chi connectivity index (χ2v) is 5.49. The summed E-state index contributed by atoms with van der Waals surface area (Å²) in [4.78, 5) is 14.0. The molecule has 0 aromatic carbocycles. The smallest absolute Gasteiger partial charge is 0.317 e. The van der Waals surface area contributed by atoms with Crippen LogP contribution in [0.5, 0.6) is 0 Å². The first-order valence-corrected chi connectivity index (χ1v) is 6.90. The van der Waals surface area contributed by atoms with Crippen molar-refractivity contribution in [3.05, 3.63) is 0 Å². The number of carbonyl (C=O) groups is 1. The van der Waals surface area contributed by atoms with E-state index in [4.69, 9.17) is 0 Å². The molecule has 2 N–H and O–H groups in total. The number of likely N-dealkylation sites (tertiary alicyclic amines) is 1. The monoisotopic (exact) mass is 240 g/mol. The summed E-state index contributed by atoms with van der Waals surface area (Å²) in [6.07, 6.45) is 6.98. The summed E-state index contributed by atoms with van der Waals surface area (Å²) in [5.41, 5.74) is 0. The molecule has 98 valence electrons. The van der Waals surface area contributed by atoms with Gasteiger partial charge in [-0.3, -0.25) is 0 Å². The van der Waals surface area contributed by atoms with Gasteiger partial charge in [-0.15, -0.1) is 0 Å². The molecule has 17 heavy (non-hydrogen) atoms. The lowest BCUT2D eigenvalue weighted by atomic mass is 9.96. The minimum absolute atomic E-state index is 0.0126. The van der Waals surface area contributed by atoms with Crippen LogP contribution in [0.25, 0.3) is 0 Å². The first-order chi connectivity index (χ1) is 8.22. The van der Waals surface area contributed by atoms with Crippen LogP contribution in [0.2, 0.25) is 0 Å². The second kappa shape index (κ2) is 5.71. The average Bonchev–Trinajstić information content (AvgIpc) is 2.71. The van der Waals surface area contributed by atoms with Crippen LogP contribution in [-0.4, -0.2) is 41.3 Å². The van der Waals surface area contributed by atoms with Crippen LogP contribution < -0.4 is 5.32 Å². The van der Waals surface area contributed by atoms with E-state index >= 15 is 0 Å². The summed E-state index contributed by atoms with van der Waals surface area (Å²) < 4.78 is 0. The number of nitrogens with one attached hydrogen (secondary N) is 1. The summed E-state index contributed by atoms with van der Waals surface area (Å²) >= 11 is 0. The molecule has 0 aromatic rings. The van der Waals surface area contributed by atoms with Crippen molar-refractivity contribution in [1.29, 1.82) is 0 Å². The Bertz CT molecular complexity index is 264. The zero-order valence-electron chi connectivity index (χ0n) is 10.7. The maximum atomic E-state index is 12.1. The molecule has 2 fully saturated rings. The number of nitrogens with zero attached hydrogens (tertiary/aromatic N) is 1. The Morgan fingerprint density at radius 1 is 1.29 bits per heavy atom. The van der Waals surface area contributed by atoms with Crippen LogP contribution in [0.3, 0.4) is 0 Å². The number of hydrogen-bond donors (Lipinski definition) is 2. The van der Waals surface area contributed by atoms with Gasteiger partial charge in [-0.25, -0.2) is 4.79 Å². The lowest BCUT2D eigenvalue weighted by Crippen LogP contribution is -2.49. The topological polar surface area (TPSA) is 52.6 Å². The van der Waals surface area contributed by atoms with Crippen LogP contribution in [0.15, 0.2) is 0 Å². The fourth-order valence-corrected chi connectivity index (χ4v) is 3.04. The van der Waals surface area contributed by atoms with Gasteiger partial charge < -0.3 is 15.3 Å². The molecule has 0 bridgehead atoms. The van der Waals surface area contributed by atoms with Gasteiger partial charge in [-0.1, -0.05) is 26.2 Å². The summed E-state index contributed by atoms with van der Waals surface area (Å²) in [5.74, 6) is 0.414. The van der Waals surface area contributed by atoms with Crippen molar-refractivity contribution < 1.29 is 9.90 Å². The molecule has 2 atom stereocenters. The predicted octanol–water partition coefficient (Wildman–Crippen LogP) is 1.73. The molecule has 2 aliphatic rings. The van der Waals surface area contributed by atoms with E-state index < -0.39 is 0 Å². The van der Waals surface area contributed by atoms with E-state index in [9.17, 15) is 9.90 Å². The van der Waals surface area contributed by atoms with Crippen molar-refractivity contribution >= 4 is 6.03 Å². The Balaban J connectivity index is 1.86. The minimum Gasteiger partial charge on any atom is -0.394 e. The molecular weight excluding hydrogens is 216 g/mol. The zero-order chi connectivity index (χ0) is 12.3. The Morgan fingerprint density at radius 3 is 2.65 bits per heavy atom. The molecule has 1 aliphatic heterocycles. The molecular formula is C13H24N2O2. The number of urea groups is 1. The number of rotatable bonds is 2. The third-order valence-electron chi connectivity index (χ3n) is 4.26. The average molecular weight is 240 g/mol. The van der Waals surface area contributed by atoms with Gasteiger partial charge in [0.15, 0.2) is 0 Å². The van der Waals surface area contributed by atoms with Gasteiger partial charge in [-0.2, -0.15) is 0 Å². The molecule has 0 spiro atoms. The van der Waals surface area contributed by atoms with Gasteiger partial charge in [0.05, 0.1) is 12.6 Å². The number of aliphatic hydroxyl groups excluding tert-OH is 1. The van der Waals surface area contributed by atoms with Crippen molar-refractivity contribution in [3.63, 3.8) is 0 Å². The van der Waals surface area contributed by atoms with Gasteiger partial charge in [-0.05, 0) is 25.2 Å². The fraction of sp³-hybridized carbons (Fsp3) is 0.923. The van der Waals surface area contributed by atoms with Gasteiger partial charge >= 0.3 is 6.03 Å². The standard InChI is InChI=1S/C13H24N2O2/c1-10-7-8-15(12(10)9-16)13(17)14-11-5-3-2-4-6-11/h10-12,16H,2-9H2,1H3,(H,14,17). The van der Waals surface area contributed by atoms with Crippen LogP contribution in [0, 0.1) is 5.92 Å². The third-order valence-corrected chi connectivity index (χ3v) is 4.26. The van der Waals surface area contributed by atoms with E-state index in [0.717, 1.165) is 25.8 Å². The summed E-state index contributed by atoms with van der Waals surface area (Å²) in [6, 6.07) is 0.394. The van der Waals surface area contributed by atoms with E-state index in [2.05, 4.69) is 12.2 Å². The highest BCUT2D eigenvalue weighted by atomic mass is 16.3. The van der Waals surface area contributed by atoms with E-state index in [1.807, 2.05) is 4.90 Å². The number of hydrogen-bond acceptors (Lipinski definition) is 2. The minimum atomic E-state index is 0.0126. The molecule has 4 nitrogen and oxygen atoms in total. The quantitative estimate of drug-likeness (QED) is 0.772. The van der Waals surface area contributed by atoms with Crippen molar-refractivity contribution in [2.45, 2.75) is 57.5 Å². The highest BCUT2D eigenvalue weighted by Gasteiger charge is 2.34. The SMILES string of the molecule is CC1CCN(C(=O)NC2CCCCC2)C1CO. The first kappa shape index (κ1) is 12.7. The van der Waals surface area contributed by atoms with E-state index in [1.54, 1.807) is 0 Å². The van der Waals surface area contributed by atoms with Crippen LogP contribution >= 0.6 is 0 Å². The van der Waals surface area contributed by atoms with Crippen LogP contribution in [-0.2, 0) is 0 Å². The molecule has 2 amide bonds. The Labute approximate surface area is 103 Å². The Kier molecular flexibility index (Phi) is 4.26. The zero-order valence-corrected chi connectivity index (χ0v) is 10.7. The normalized spacial score (nSPS) is 30.6. The second-order valence-electron chi connectivity index (χ2n) is 5.49. The largest absolute Gasteiger partial charge is 0.394 e. The van der Waals surface area contributed by atoms with Gasteiger partial charge in [0.25, 0.3) is 0 Å². The van der Waals surface area contributed by atoms with Crippen LogP contribution in [0.4, 0.5) is 4.79 Å². The van der Waals surface area contributed by atoms with Gasteiger partial charge in [0.2, 0.25) is 0 Å². The van der Waals surface area contributed by atoms with E-state index in [1.165, 1.54) is 19.3 Å². The van der Waals surface area contributed by atoms with Gasteiger partial charge in [0, 0.05) is 12.6 Å². The Hall–Kier alpha value is -0.770. The van der Waals surface area contributed by atoms with E-state index in [-0.39, 0.29) is 18.7 Å². The molecule has 2 rings (SSSR count). The lowest BCUT2D eigenvalue weighted by Gasteiger charge is -2.29. The maximum absolute atomic E-state index is 12.1. The molecule has 4 heteroatoms. The number of aliphatic hydroxyl groups is 1. The summed E-state index contributed by atoms with van der Waals surface area (Å²) in [5, 5.41) is 12.5. The Morgan fingerprint density at radius 2 is 2.00 bits per heavy atom. The maximum Gasteiger partial charge on any atom is 0.317 e. The van der Waals surface area contributed by atoms with Crippen LogP contribution in [0.1, 0.15) is 45.4 Å². The molecule has 0 radical (unpaired) electrons. The number of carbonyl (C=O) groups excluding carboxylic acids is 1. The number of amides is 2. The van der Waals surface area contributed by atoms with Gasteiger partial charge in [0.1, 0.15) is 0 Å². The van der Waals surface area contributed by atoms with Crippen molar-refractivity contribution in [1.82, 2.24) is 10.2 Å². The predicted molar refractivity (Wildman–Crippen MR) is 66.8 cm³/mol. The summed E-state index contributed by atoms with van der Waals surface area (Å²) in [7, 11) is 0. The van der Waals surface area contributed by atoms with E-state index in [0.29, 0.717) is 12.0 Å². The lowest BCUT2D eigenvalue weighted by molar-refractivity contribution is 0.140. The highest BCUT2D eigenvalue weighted by Crippen LogP contribution is 2.24. The van der Waals surface area contributed by atoms with Crippen molar-refractivity contribution in [2.24, 2.45) is 5.92 Å². The van der Waals surface area contributed by atoms with Crippen molar-refractivity contribution in [3.8, 4) is 0 Å². The highest BCUT2D eigenvalue weighted by molar-refractivity contribution is 5.75. The molecule has 1 saturated heterocycles. The molecule has 1 saturated carbocycles. The third kappa shape index (κ3) is 2.92. The summed E-state index contributed by atoms with van der Waals surface area (Å²) in [6.45, 7) is 2.97. The fourth-order valence-electron chi connectivity index (χ4n) is 3.04. The molecule has 0 aromatic heterocycles. The molecule has 1 heterocycles. The first-order valence-electron chi connectivity index (χ1n) is 6.90. The molecule has 2 unspecified atom stereocenters. The van der Waals surface area contributed by atoms with Crippen molar-refractivity contribution in [2.75, 3.05) is 13.2 Å². The molecule has 1 aliphatic carbocycles.